The van der Waals surface area contributed by atoms with Crippen molar-refractivity contribution in [3.05, 3.63) is 64.6 Å². The third-order valence-electron chi connectivity index (χ3n) is 3.62. The molecule has 8 nitrogen and oxygen atoms in total. The van der Waals surface area contributed by atoms with E-state index in [1.165, 1.54) is 24.2 Å². The first-order chi connectivity index (χ1) is 12.5. The van der Waals surface area contributed by atoms with Gasteiger partial charge in [0, 0.05) is 18.3 Å². The smallest absolute Gasteiger partial charge is 0.251 e. The van der Waals surface area contributed by atoms with Crippen LogP contribution in [0.4, 0.5) is 0 Å². The van der Waals surface area contributed by atoms with E-state index in [9.17, 15) is 9.59 Å². The lowest BCUT2D eigenvalue weighted by atomic mass is 10.2. The van der Waals surface area contributed by atoms with Crippen LogP contribution in [0.3, 0.4) is 0 Å². The summed E-state index contributed by atoms with van der Waals surface area (Å²) < 4.78 is 1.65. The summed E-state index contributed by atoms with van der Waals surface area (Å²) >= 11 is 1.21. The van der Waals surface area contributed by atoms with Crippen molar-refractivity contribution in [3.8, 4) is 5.69 Å². The van der Waals surface area contributed by atoms with Gasteiger partial charge in [0.05, 0.1) is 10.9 Å². The van der Waals surface area contributed by atoms with Gasteiger partial charge < -0.3 is 10.3 Å². The maximum atomic E-state index is 12.4. The van der Waals surface area contributed by atoms with E-state index < -0.39 is 5.25 Å². The number of carbonyl (C=O) groups is 1. The number of H-pyrrole nitrogens is 1. The Morgan fingerprint density at radius 3 is 2.92 bits per heavy atom. The molecule has 0 bridgehead atoms. The summed E-state index contributed by atoms with van der Waals surface area (Å²) in [6.45, 7) is 3.87. The molecule has 26 heavy (non-hydrogen) atoms. The number of hydrogen-bond donors (Lipinski definition) is 2. The molecule has 0 radical (unpaired) electrons. The van der Waals surface area contributed by atoms with Gasteiger partial charge >= 0.3 is 0 Å². The average molecular weight is 370 g/mol. The number of para-hydroxylation sites is 1. The van der Waals surface area contributed by atoms with Gasteiger partial charge in [0.1, 0.15) is 12.7 Å². The summed E-state index contributed by atoms with van der Waals surface area (Å²) in [4.78, 5) is 34.7. The summed E-state index contributed by atoms with van der Waals surface area (Å²) in [5, 5.41) is 7.06. The second kappa shape index (κ2) is 7.96. The zero-order valence-electron chi connectivity index (χ0n) is 14.3. The van der Waals surface area contributed by atoms with Crippen LogP contribution < -0.4 is 10.9 Å². The zero-order valence-corrected chi connectivity index (χ0v) is 15.2. The van der Waals surface area contributed by atoms with E-state index in [2.05, 4.69) is 25.4 Å². The fourth-order valence-electron chi connectivity index (χ4n) is 2.37. The molecule has 0 fully saturated rings. The van der Waals surface area contributed by atoms with Gasteiger partial charge in [-0.3, -0.25) is 9.59 Å². The van der Waals surface area contributed by atoms with Crippen LogP contribution in [0.25, 0.3) is 5.69 Å². The number of benzene rings is 1. The van der Waals surface area contributed by atoms with E-state index in [0.29, 0.717) is 17.4 Å². The van der Waals surface area contributed by atoms with Crippen molar-refractivity contribution < 1.29 is 4.79 Å². The Balaban J connectivity index is 1.65. The minimum Gasteiger partial charge on any atom is -0.351 e. The molecule has 0 aliphatic carbocycles. The van der Waals surface area contributed by atoms with Crippen molar-refractivity contribution in [2.75, 3.05) is 0 Å². The first kappa shape index (κ1) is 17.9. The molecule has 0 unspecified atom stereocenters. The molecule has 0 spiro atoms. The number of aromatic amines is 1. The highest BCUT2D eigenvalue weighted by Gasteiger charge is 2.16. The monoisotopic (exact) mass is 370 g/mol. The molecule has 0 aliphatic rings. The van der Waals surface area contributed by atoms with Crippen LogP contribution in [0.1, 0.15) is 18.2 Å². The van der Waals surface area contributed by atoms with Gasteiger partial charge in [0.2, 0.25) is 5.91 Å². The second-order valence-corrected chi connectivity index (χ2v) is 6.97. The van der Waals surface area contributed by atoms with Crippen LogP contribution in [0, 0.1) is 6.92 Å². The Labute approximate surface area is 154 Å². The van der Waals surface area contributed by atoms with Crippen LogP contribution in [0.15, 0.2) is 52.9 Å². The van der Waals surface area contributed by atoms with E-state index in [1.807, 2.05) is 24.3 Å². The summed E-state index contributed by atoms with van der Waals surface area (Å²) in [6.07, 6.45) is 3.07. The molecule has 3 aromatic rings. The Morgan fingerprint density at radius 2 is 2.19 bits per heavy atom. The van der Waals surface area contributed by atoms with Gasteiger partial charge in [-0.25, -0.2) is 14.6 Å². The Kier molecular flexibility index (Phi) is 5.47. The molecule has 0 aliphatic heterocycles. The lowest BCUT2D eigenvalue weighted by Crippen LogP contribution is -2.31. The topological polar surface area (TPSA) is 106 Å². The highest BCUT2D eigenvalue weighted by Crippen LogP contribution is 2.19. The lowest BCUT2D eigenvalue weighted by molar-refractivity contribution is -0.120. The van der Waals surface area contributed by atoms with E-state index in [0.717, 1.165) is 11.3 Å². The van der Waals surface area contributed by atoms with Crippen LogP contribution >= 0.6 is 11.8 Å². The van der Waals surface area contributed by atoms with Gasteiger partial charge in [-0.1, -0.05) is 30.0 Å². The van der Waals surface area contributed by atoms with Crippen molar-refractivity contribution in [1.29, 1.82) is 0 Å². The van der Waals surface area contributed by atoms with E-state index in [1.54, 1.807) is 24.9 Å². The molecular formula is C17H18N6O2S. The minimum absolute atomic E-state index is 0.146. The van der Waals surface area contributed by atoms with Crippen molar-refractivity contribution >= 4 is 17.7 Å². The number of rotatable bonds is 6. The number of carbonyl (C=O) groups excluding carboxylic acids is 1. The molecule has 1 amide bonds. The van der Waals surface area contributed by atoms with Gasteiger partial charge in [-0.05, 0) is 25.5 Å². The Hall–Kier alpha value is -2.94. The number of thioether (sulfide) groups is 1. The largest absolute Gasteiger partial charge is 0.351 e. The van der Waals surface area contributed by atoms with Crippen molar-refractivity contribution in [3.63, 3.8) is 0 Å². The number of nitrogens with one attached hydrogen (secondary N) is 2. The molecule has 2 N–H and O–H groups in total. The standard InChI is InChI=1S/C17H18N6O2S/c1-11-7-15(24)22-17(21-11)26-12(2)16(25)19-8-13-5-3-4-6-14(13)23-10-18-9-20-23/h3-7,9-10,12H,8H2,1-2H3,(H,19,25)(H,21,22,24)/t12-/m0/s1. The fourth-order valence-corrected chi connectivity index (χ4v) is 3.25. The van der Waals surface area contributed by atoms with Crippen molar-refractivity contribution in [2.24, 2.45) is 0 Å². The quantitative estimate of drug-likeness (QED) is 0.503. The van der Waals surface area contributed by atoms with E-state index in [4.69, 9.17) is 0 Å². The number of amides is 1. The molecule has 0 saturated heterocycles. The molecule has 1 aromatic carbocycles. The van der Waals surface area contributed by atoms with Crippen molar-refractivity contribution in [2.45, 2.75) is 30.8 Å². The van der Waals surface area contributed by atoms with Gasteiger partial charge in [0.25, 0.3) is 5.56 Å². The van der Waals surface area contributed by atoms with Gasteiger partial charge in [-0.15, -0.1) is 0 Å². The fraction of sp³-hybridized carbons (Fsp3) is 0.235. The normalized spacial score (nSPS) is 11.9. The van der Waals surface area contributed by atoms with Crippen LogP contribution in [0.5, 0.6) is 0 Å². The number of hydrogen-bond acceptors (Lipinski definition) is 6. The van der Waals surface area contributed by atoms with Crippen molar-refractivity contribution in [1.82, 2.24) is 30.0 Å². The number of aromatic nitrogens is 5. The summed E-state index contributed by atoms with van der Waals surface area (Å²) in [5.41, 5.74) is 2.17. The first-order valence-electron chi connectivity index (χ1n) is 7.98. The molecule has 2 heterocycles. The van der Waals surface area contributed by atoms with Gasteiger partial charge in [-0.2, -0.15) is 5.10 Å². The highest BCUT2D eigenvalue weighted by molar-refractivity contribution is 8.00. The van der Waals surface area contributed by atoms with Crippen LogP contribution in [-0.4, -0.2) is 35.9 Å². The molecule has 2 aromatic heterocycles. The Bertz CT molecular complexity index is 954. The summed E-state index contributed by atoms with van der Waals surface area (Å²) in [5.74, 6) is -0.146. The average Bonchev–Trinajstić information content (AvgIpc) is 3.13. The van der Waals surface area contributed by atoms with Gasteiger partial charge in [0.15, 0.2) is 5.16 Å². The SMILES string of the molecule is Cc1cc(=O)[nH]c(S[C@@H](C)C(=O)NCc2ccccc2-n2cncn2)n1. The Morgan fingerprint density at radius 1 is 1.38 bits per heavy atom. The molecule has 3 rings (SSSR count). The number of aryl methyl sites for hydroxylation is 1. The third-order valence-corrected chi connectivity index (χ3v) is 4.60. The molecule has 0 saturated carbocycles. The highest BCUT2D eigenvalue weighted by atomic mass is 32.2. The molecular weight excluding hydrogens is 352 g/mol. The predicted molar refractivity (Wildman–Crippen MR) is 98.1 cm³/mol. The zero-order chi connectivity index (χ0) is 18.5. The third kappa shape index (κ3) is 4.37. The molecule has 134 valence electrons. The summed E-state index contributed by atoms with van der Waals surface area (Å²) in [6, 6.07) is 9.06. The van der Waals surface area contributed by atoms with E-state index >= 15 is 0 Å². The van der Waals surface area contributed by atoms with E-state index in [-0.39, 0.29) is 11.5 Å². The molecule has 1 atom stereocenters. The predicted octanol–water partition coefficient (Wildman–Crippen LogP) is 1.46. The maximum Gasteiger partial charge on any atom is 0.251 e. The number of nitrogens with zero attached hydrogens (tertiary/aromatic N) is 4. The maximum absolute atomic E-state index is 12.4. The second-order valence-electron chi connectivity index (χ2n) is 5.64. The molecule has 9 heteroatoms. The first-order valence-corrected chi connectivity index (χ1v) is 8.86. The van der Waals surface area contributed by atoms with Crippen LogP contribution in [-0.2, 0) is 11.3 Å². The van der Waals surface area contributed by atoms with Crippen LogP contribution in [0.2, 0.25) is 0 Å². The minimum atomic E-state index is -0.404. The lowest BCUT2D eigenvalue weighted by Gasteiger charge is -2.13. The summed E-state index contributed by atoms with van der Waals surface area (Å²) in [7, 11) is 0.